The fourth-order valence-electron chi connectivity index (χ4n) is 6.94. The Bertz CT molecular complexity index is 2220. The van der Waals surface area contributed by atoms with Gasteiger partial charge in [-0.05, 0) is 63.1 Å². The minimum Gasteiger partial charge on any atom is -0.377 e. The summed E-state index contributed by atoms with van der Waals surface area (Å²) in [5.74, 6) is 1.02. The number of aryl methyl sites for hydroxylation is 2. The topological polar surface area (TPSA) is 156 Å². The first-order valence-corrected chi connectivity index (χ1v) is 20.6. The van der Waals surface area contributed by atoms with Crippen molar-refractivity contribution in [2.24, 2.45) is 16.0 Å². The first-order valence-electron chi connectivity index (χ1n) is 18.6. The van der Waals surface area contributed by atoms with E-state index >= 15 is 0 Å². The molecule has 57 heavy (non-hydrogen) atoms. The maximum Gasteiger partial charge on any atom is 0.248 e. The van der Waals surface area contributed by atoms with Crippen LogP contribution in [0.3, 0.4) is 0 Å². The number of amidine groups is 1. The standard InChI is InChI=1S/C39H42Cl3N9O5S/c1-22-23(2)57-39-35(22)36(25-4-6-27(40)7-5-25)44-31(37-47-46-24(3)51(37)39)19-33(52)43-12-15-55-16-17-56-21-34(53)49-13-10-26(20-49)38(54)45-32-11-14-50(48-32)28-8-9-29(41)30(42)18-28/h4-9,18,26,31H,10-17,19-21H2,1-3H3,(H,43,52)(H,45,48,54)/t26-,31+/m1/s1. The molecule has 7 rings (SSSR count). The zero-order valence-corrected chi connectivity index (χ0v) is 34.8. The van der Waals surface area contributed by atoms with E-state index in [0.717, 1.165) is 38.9 Å². The predicted octanol–water partition coefficient (Wildman–Crippen LogP) is 5.83. The Kier molecular flexibility index (Phi) is 12.9. The Morgan fingerprint density at radius 1 is 0.947 bits per heavy atom. The van der Waals surface area contributed by atoms with Crippen molar-refractivity contribution in [3.05, 3.63) is 90.7 Å². The van der Waals surface area contributed by atoms with Crippen molar-refractivity contribution >= 4 is 81.1 Å². The molecule has 2 N–H and O–H groups in total. The van der Waals surface area contributed by atoms with Gasteiger partial charge in [-0.2, -0.15) is 5.10 Å². The summed E-state index contributed by atoms with van der Waals surface area (Å²) in [6.45, 7) is 8.34. The van der Waals surface area contributed by atoms with E-state index in [1.165, 1.54) is 4.88 Å². The Morgan fingerprint density at radius 3 is 2.53 bits per heavy atom. The number of hydrogen-bond acceptors (Lipinski definition) is 11. The molecule has 0 aliphatic carbocycles. The summed E-state index contributed by atoms with van der Waals surface area (Å²) in [5, 5.41) is 23.4. The van der Waals surface area contributed by atoms with Gasteiger partial charge in [-0.15, -0.1) is 21.5 Å². The lowest BCUT2D eigenvalue weighted by atomic mass is 9.99. The van der Waals surface area contributed by atoms with Crippen LogP contribution in [-0.4, -0.2) is 102 Å². The van der Waals surface area contributed by atoms with Crippen molar-refractivity contribution in [2.45, 2.75) is 46.1 Å². The number of nitrogens with zero attached hydrogens (tertiary/aromatic N) is 7. The molecule has 2 aromatic carbocycles. The molecule has 1 saturated heterocycles. The van der Waals surface area contributed by atoms with Gasteiger partial charge in [0.2, 0.25) is 17.7 Å². The van der Waals surface area contributed by atoms with E-state index in [2.05, 4.69) is 39.8 Å². The number of fused-ring (bicyclic) bond motifs is 3. The Hall–Kier alpha value is -4.38. The number of carbonyl (C=O) groups excluding carboxylic acids is 3. The number of carbonyl (C=O) groups is 3. The van der Waals surface area contributed by atoms with Crippen LogP contribution in [0.15, 0.2) is 52.6 Å². The molecule has 2 atom stereocenters. The molecule has 0 unspecified atom stereocenters. The van der Waals surface area contributed by atoms with Crippen LogP contribution in [0.2, 0.25) is 15.1 Å². The number of benzene rings is 2. The van der Waals surface area contributed by atoms with Gasteiger partial charge < -0.3 is 25.0 Å². The molecule has 3 amide bonds. The van der Waals surface area contributed by atoms with Crippen molar-refractivity contribution in [2.75, 3.05) is 57.6 Å². The smallest absolute Gasteiger partial charge is 0.248 e. The minimum absolute atomic E-state index is 0.0693. The molecule has 300 valence electrons. The van der Waals surface area contributed by atoms with Crippen molar-refractivity contribution in [3.63, 3.8) is 0 Å². The van der Waals surface area contributed by atoms with E-state index in [-0.39, 0.29) is 63.0 Å². The number of hydrazone groups is 1. The molecule has 5 heterocycles. The summed E-state index contributed by atoms with van der Waals surface area (Å²) >= 11 is 20.0. The van der Waals surface area contributed by atoms with Gasteiger partial charge in [0.15, 0.2) is 5.82 Å². The Balaban J connectivity index is 0.821. The van der Waals surface area contributed by atoms with E-state index in [1.807, 2.05) is 41.8 Å². The fourth-order valence-corrected chi connectivity index (χ4v) is 8.57. The van der Waals surface area contributed by atoms with E-state index < -0.39 is 6.04 Å². The molecule has 0 bridgehead atoms. The lowest BCUT2D eigenvalue weighted by Crippen LogP contribution is -2.38. The van der Waals surface area contributed by atoms with E-state index in [9.17, 15) is 14.4 Å². The van der Waals surface area contributed by atoms with Crippen LogP contribution in [0.4, 0.5) is 5.69 Å². The zero-order valence-electron chi connectivity index (χ0n) is 31.7. The molecule has 2 aromatic heterocycles. The van der Waals surface area contributed by atoms with E-state index in [1.54, 1.807) is 33.4 Å². The molecule has 0 saturated carbocycles. The van der Waals surface area contributed by atoms with Gasteiger partial charge in [0.1, 0.15) is 29.3 Å². The number of aromatic nitrogens is 3. The molecule has 0 radical (unpaired) electrons. The average Bonchev–Trinajstić information content (AvgIpc) is 3.99. The first-order chi connectivity index (χ1) is 27.5. The number of amides is 3. The summed E-state index contributed by atoms with van der Waals surface area (Å²) in [5.41, 5.74) is 4.59. The van der Waals surface area contributed by atoms with Crippen molar-refractivity contribution in [1.82, 2.24) is 30.3 Å². The molecule has 3 aliphatic rings. The molecule has 14 nitrogen and oxygen atoms in total. The van der Waals surface area contributed by atoms with Crippen LogP contribution < -0.4 is 15.6 Å². The molecule has 1 fully saturated rings. The first kappa shape index (κ1) is 40.8. The normalized spacial score (nSPS) is 17.5. The number of anilines is 1. The third kappa shape index (κ3) is 9.35. The van der Waals surface area contributed by atoms with Crippen LogP contribution >= 0.6 is 46.1 Å². The van der Waals surface area contributed by atoms with Gasteiger partial charge in [-0.25, -0.2) is 0 Å². The fraction of sp³-hybridized carbons (Fsp3) is 0.410. The summed E-state index contributed by atoms with van der Waals surface area (Å²) in [6.07, 6.45) is 1.20. The monoisotopic (exact) mass is 853 g/mol. The number of ether oxygens (including phenoxy) is 2. The summed E-state index contributed by atoms with van der Waals surface area (Å²) < 4.78 is 13.2. The van der Waals surface area contributed by atoms with Crippen LogP contribution in [0.5, 0.6) is 0 Å². The largest absolute Gasteiger partial charge is 0.377 e. The highest BCUT2D eigenvalue weighted by Crippen LogP contribution is 2.39. The van der Waals surface area contributed by atoms with Gasteiger partial charge in [0.05, 0.1) is 53.6 Å². The summed E-state index contributed by atoms with van der Waals surface area (Å²) in [6, 6.07) is 12.2. The predicted molar refractivity (Wildman–Crippen MR) is 221 cm³/mol. The second-order valence-corrected chi connectivity index (χ2v) is 16.4. The molecule has 18 heteroatoms. The van der Waals surface area contributed by atoms with Crippen LogP contribution in [0.1, 0.15) is 58.5 Å². The Morgan fingerprint density at radius 2 is 1.74 bits per heavy atom. The number of halogens is 3. The number of rotatable bonds is 13. The van der Waals surface area contributed by atoms with E-state index in [0.29, 0.717) is 59.2 Å². The van der Waals surface area contributed by atoms with Gasteiger partial charge in [-0.1, -0.05) is 46.9 Å². The van der Waals surface area contributed by atoms with Crippen LogP contribution in [-0.2, 0) is 23.9 Å². The minimum atomic E-state index is -0.572. The third-order valence-electron chi connectivity index (χ3n) is 10.1. The number of likely N-dealkylation sites (tertiary alicyclic amines) is 1. The summed E-state index contributed by atoms with van der Waals surface area (Å²) in [4.78, 5) is 46.9. The molecule has 0 spiro atoms. The second kappa shape index (κ2) is 18.0. The van der Waals surface area contributed by atoms with Gasteiger partial charge in [0, 0.05) is 53.6 Å². The number of hydrogen-bond donors (Lipinski definition) is 2. The number of nitrogens with one attached hydrogen (secondary N) is 2. The zero-order chi connectivity index (χ0) is 40.2. The maximum absolute atomic E-state index is 13.2. The second-order valence-electron chi connectivity index (χ2n) is 14.0. The molecule has 4 aromatic rings. The van der Waals surface area contributed by atoms with Gasteiger partial charge in [-0.3, -0.25) is 29.0 Å². The highest BCUT2D eigenvalue weighted by Gasteiger charge is 2.34. The maximum atomic E-state index is 13.2. The molecular weight excluding hydrogens is 813 g/mol. The summed E-state index contributed by atoms with van der Waals surface area (Å²) in [7, 11) is 0. The lowest BCUT2D eigenvalue weighted by Gasteiger charge is -2.16. The van der Waals surface area contributed by atoms with Crippen molar-refractivity contribution in [1.29, 1.82) is 0 Å². The van der Waals surface area contributed by atoms with Crippen molar-refractivity contribution < 1.29 is 23.9 Å². The SMILES string of the molecule is Cc1sc2c(c1C)C(c1ccc(Cl)cc1)=N[C@@H](CC(=O)NCCOCCOCC(=O)N1CC[C@@H](C(=O)NC3=NN(c4ccc(Cl)c(Cl)c4)CC3)C1)c1nnc(C)n1-2. The highest BCUT2D eigenvalue weighted by molar-refractivity contribution is 7.15. The van der Waals surface area contributed by atoms with Crippen LogP contribution in [0, 0.1) is 26.7 Å². The average molecular weight is 855 g/mol. The lowest BCUT2D eigenvalue weighted by molar-refractivity contribution is -0.136. The highest BCUT2D eigenvalue weighted by atomic mass is 35.5. The number of aliphatic imine (C=N–C) groups is 1. The molecule has 3 aliphatic heterocycles. The van der Waals surface area contributed by atoms with Gasteiger partial charge in [0.25, 0.3) is 0 Å². The molecular formula is C39H42Cl3N9O5S. The van der Waals surface area contributed by atoms with E-state index in [4.69, 9.17) is 49.3 Å². The van der Waals surface area contributed by atoms with Gasteiger partial charge >= 0.3 is 0 Å². The van der Waals surface area contributed by atoms with Crippen LogP contribution in [0.25, 0.3) is 5.00 Å². The third-order valence-corrected chi connectivity index (χ3v) is 12.3. The number of thiophene rings is 1. The Labute approximate surface area is 349 Å². The van der Waals surface area contributed by atoms with Crippen molar-refractivity contribution in [3.8, 4) is 5.00 Å². The quantitative estimate of drug-likeness (QED) is 0.159.